The van der Waals surface area contributed by atoms with E-state index in [0.29, 0.717) is 12.8 Å². The fourth-order valence-electron chi connectivity index (χ4n) is 10.4. The number of carbonyl (C=O) groups is 1. The Balaban J connectivity index is 1.69. The molecule has 0 spiro atoms. The molecule has 14 heteroatoms. The molecule has 0 aromatic heterocycles. The van der Waals surface area contributed by atoms with E-state index in [0.717, 1.165) is 70.6 Å². The molecular weight excluding hydrogens is 955 g/mol. The van der Waals surface area contributed by atoms with E-state index >= 15 is 0 Å². The second kappa shape index (κ2) is 47.3. The maximum absolute atomic E-state index is 13.2. The molecular formula is C61H115NO13. The van der Waals surface area contributed by atoms with E-state index in [2.05, 4.69) is 43.5 Å². The molecule has 2 saturated heterocycles. The molecule has 2 fully saturated rings. The van der Waals surface area contributed by atoms with Gasteiger partial charge in [0.25, 0.3) is 0 Å². The van der Waals surface area contributed by atoms with E-state index in [1.165, 1.54) is 161 Å². The van der Waals surface area contributed by atoms with Crippen LogP contribution in [0.5, 0.6) is 0 Å². The SMILES string of the molecule is CCCC/C=C\C/C=C\CCCCCCCC(=O)NC(COC1OC(CO)C(OC2OC(CO)C(O)C(O)C2O)C(O)C1O)C(O)CCCCCCCCCCCCCCCCCCCCCCCCCCCCC. The monoisotopic (exact) mass is 1070 g/mol. The summed E-state index contributed by atoms with van der Waals surface area (Å²) in [5, 5.41) is 87.3. The van der Waals surface area contributed by atoms with Crippen molar-refractivity contribution in [3.05, 3.63) is 24.3 Å². The number of aliphatic hydroxyl groups excluding tert-OH is 8. The molecule has 1 amide bonds. The number of unbranched alkanes of at least 4 members (excludes halogenated alkanes) is 33. The highest BCUT2D eigenvalue weighted by atomic mass is 16.7. The Morgan fingerprint density at radius 1 is 0.480 bits per heavy atom. The first-order valence-electron chi connectivity index (χ1n) is 31.1. The van der Waals surface area contributed by atoms with E-state index in [4.69, 9.17) is 18.9 Å². The van der Waals surface area contributed by atoms with Crippen LogP contribution in [0.2, 0.25) is 0 Å². The first-order chi connectivity index (χ1) is 36.6. The van der Waals surface area contributed by atoms with Crippen LogP contribution in [0.25, 0.3) is 0 Å². The number of carbonyl (C=O) groups excluding carboxylic acids is 1. The quantitative estimate of drug-likeness (QED) is 0.0204. The Bertz CT molecular complexity index is 1350. The topological polar surface area (TPSA) is 228 Å². The van der Waals surface area contributed by atoms with E-state index < -0.39 is 86.8 Å². The lowest BCUT2D eigenvalue weighted by Crippen LogP contribution is -2.65. The molecule has 14 nitrogen and oxygen atoms in total. The number of hydrogen-bond acceptors (Lipinski definition) is 13. The van der Waals surface area contributed by atoms with Crippen LogP contribution in [0.1, 0.15) is 264 Å². The van der Waals surface area contributed by atoms with E-state index in [1.807, 2.05) is 0 Å². The van der Waals surface area contributed by atoms with Gasteiger partial charge in [-0.25, -0.2) is 0 Å². The Labute approximate surface area is 456 Å². The lowest BCUT2D eigenvalue weighted by Gasteiger charge is -2.46. The third-order valence-electron chi connectivity index (χ3n) is 15.4. The van der Waals surface area contributed by atoms with Gasteiger partial charge in [0, 0.05) is 6.42 Å². The molecule has 2 aliphatic heterocycles. The van der Waals surface area contributed by atoms with E-state index in [9.17, 15) is 45.6 Å². The van der Waals surface area contributed by atoms with Gasteiger partial charge in [0.2, 0.25) is 5.91 Å². The minimum atomic E-state index is -1.78. The number of hydrogen-bond donors (Lipinski definition) is 9. The second-order valence-electron chi connectivity index (χ2n) is 22.2. The molecule has 75 heavy (non-hydrogen) atoms. The van der Waals surface area contributed by atoms with Crippen molar-refractivity contribution >= 4 is 5.91 Å². The second-order valence-corrected chi connectivity index (χ2v) is 22.2. The average molecular weight is 1070 g/mol. The Morgan fingerprint density at radius 3 is 1.37 bits per heavy atom. The summed E-state index contributed by atoms with van der Waals surface area (Å²) in [5.41, 5.74) is 0. The summed E-state index contributed by atoms with van der Waals surface area (Å²) in [4.78, 5) is 13.2. The van der Waals surface area contributed by atoms with Gasteiger partial charge in [0.05, 0.1) is 32.0 Å². The Hall–Kier alpha value is -1.53. The standard InChI is InChI=1S/C61H115NO13/c1-3-5-7-9-11-13-15-17-19-20-21-22-23-24-25-26-27-28-29-30-31-32-34-36-38-40-42-44-50(65)49(62-53(66)45-43-41-39-37-35-33-18-16-14-12-10-8-6-4-2)48-72-60-58(71)56(69)59(52(47-64)74-60)75-61-57(70)55(68)54(67)51(46-63)73-61/h10,12,16,18,49-52,54-61,63-65,67-71H,3-9,11,13-15,17,19-48H2,1-2H3,(H,62,66)/b12-10-,18-16-. The van der Waals surface area contributed by atoms with Crippen molar-refractivity contribution in [2.45, 2.75) is 338 Å². The van der Waals surface area contributed by atoms with Gasteiger partial charge in [-0.1, -0.05) is 244 Å². The van der Waals surface area contributed by atoms with Crippen molar-refractivity contribution in [1.29, 1.82) is 0 Å². The van der Waals surface area contributed by atoms with Crippen molar-refractivity contribution in [3.8, 4) is 0 Å². The highest BCUT2D eigenvalue weighted by Crippen LogP contribution is 2.30. The molecule has 442 valence electrons. The first kappa shape index (κ1) is 69.6. The van der Waals surface area contributed by atoms with Gasteiger partial charge in [0.15, 0.2) is 12.6 Å². The number of ether oxygens (including phenoxy) is 4. The molecule has 0 bridgehead atoms. The molecule has 0 aliphatic carbocycles. The minimum absolute atomic E-state index is 0.218. The van der Waals surface area contributed by atoms with Crippen molar-refractivity contribution in [1.82, 2.24) is 5.32 Å². The summed E-state index contributed by atoms with van der Waals surface area (Å²) in [6.45, 7) is 2.83. The van der Waals surface area contributed by atoms with Gasteiger partial charge in [-0.15, -0.1) is 0 Å². The zero-order chi connectivity index (χ0) is 54.6. The van der Waals surface area contributed by atoms with Crippen LogP contribution in [0.3, 0.4) is 0 Å². The first-order valence-corrected chi connectivity index (χ1v) is 31.1. The average Bonchev–Trinajstić information content (AvgIpc) is 3.41. The molecule has 12 unspecified atom stereocenters. The van der Waals surface area contributed by atoms with Crippen LogP contribution in [0.15, 0.2) is 24.3 Å². The van der Waals surface area contributed by atoms with Gasteiger partial charge < -0.3 is 65.1 Å². The summed E-state index contributed by atoms with van der Waals surface area (Å²) in [7, 11) is 0. The number of amides is 1. The molecule has 0 saturated carbocycles. The van der Waals surface area contributed by atoms with Gasteiger partial charge >= 0.3 is 0 Å². The van der Waals surface area contributed by atoms with Gasteiger partial charge in [-0.2, -0.15) is 0 Å². The fourth-order valence-corrected chi connectivity index (χ4v) is 10.4. The van der Waals surface area contributed by atoms with E-state index in [1.54, 1.807) is 0 Å². The third-order valence-corrected chi connectivity index (χ3v) is 15.4. The van der Waals surface area contributed by atoms with Crippen LogP contribution in [-0.2, 0) is 23.7 Å². The van der Waals surface area contributed by atoms with E-state index in [-0.39, 0.29) is 18.9 Å². The molecule has 9 N–H and O–H groups in total. The molecule has 12 atom stereocenters. The lowest BCUT2D eigenvalue weighted by molar-refractivity contribution is -0.359. The van der Waals surface area contributed by atoms with Gasteiger partial charge in [-0.3, -0.25) is 4.79 Å². The van der Waals surface area contributed by atoms with Crippen LogP contribution >= 0.6 is 0 Å². The summed E-state index contributed by atoms with van der Waals surface area (Å²) in [5.74, 6) is -0.218. The normalized spacial score (nSPS) is 25.1. The van der Waals surface area contributed by atoms with Crippen molar-refractivity contribution < 1.29 is 64.6 Å². The molecule has 0 aromatic rings. The predicted molar refractivity (Wildman–Crippen MR) is 300 cm³/mol. The van der Waals surface area contributed by atoms with Gasteiger partial charge in [0.1, 0.15) is 48.8 Å². The van der Waals surface area contributed by atoms with Crippen LogP contribution in [0, 0.1) is 0 Å². The number of rotatable bonds is 50. The maximum Gasteiger partial charge on any atom is 0.220 e. The largest absolute Gasteiger partial charge is 0.394 e. The highest BCUT2D eigenvalue weighted by molar-refractivity contribution is 5.76. The zero-order valence-electron chi connectivity index (χ0n) is 47.6. The maximum atomic E-state index is 13.2. The zero-order valence-corrected chi connectivity index (χ0v) is 47.6. The summed E-state index contributed by atoms with van der Waals surface area (Å²) >= 11 is 0. The molecule has 2 heterocycles. The van der Waals surface area contributed by atoms with Crippen LogP contribution in [-0.4, -0.2) is 140 Å². The molecule has 0 radical (unpaired) electrons. The highest BCUT2D eigenvalue weighted by Gasteiger charge is 2.51. The summed E-state index contributed by atoms with van der Waals surface area (Å²) < 4.78 is 22.8. The number of nitrogens with one attached hydrogen (secondary N) is 1. The smallest absolute Gasteiger partial charge is 0.220 e. The Morgan fingerprint density at radius 2 is 0.893 bits per heavy atom. The van der Waals surface area contributed by atoms with Gasteiger partial charge in [-0.05, 0) is 38.5 Å². The predicted octanol–water partition coefficient (Wildman–Crippen LogP) is 10.8. The Kier molecular flexibility index (Phi) is 43.9. The lowest BCUT2D eigenvalue weighted by atomic mass is 9.97. The fraction of sp³-hybridized carbons (Fsp3) is 0.918. The molecule has 0 aromatic carbocycles. The molecule has 2 rings (SSSR count). The number of aliphatic hydroxyl groups is 8. The van der Waals surface area contributed by atoms with Crippen LogP contribution < -0.4 is 5.32 Å². The van der Waals surface area contributed by atoms with Crippen LogP contribution in [0.4, 0.5) is 0 Å². The van der Waals surface area contributed by atoms with Crippen molar-refractivity contribution in [2.24, 2.45) is 0 Å². The summed E-state index contributed by atoms with van der Waals surface area (Å²) in [6, 6.07) is -0.835. The van der Waals surface area contributed by atoms with Crippen molar-refractivity contribution in [3.63, 3.8) is 0 Å². The third kappa shape index (κ3) is 33.0. The van der Waals surface area contributed by atoms with Crippen molar-refractivity contribution in [2.75, 3.05) is 19.8 Å². The number of allylic oxidation sites excluding steroid dienone is 4. The minimum Gasteiger partial charge on any atom is -0.394 e. The summed E-state index contributed by atoms with van der Waals surface area (Å²) in [6.07, 6.45) is 39.1. The molecule has 2 aliphatic rings.